The Kier molecular flexibility index (Phi) is 7.24. The monoisotopic (exact) mass is 404 g/mol. The van der Waals surface area contributed by atoms with E-state index in [2.05, 4.69) is 5.32 Å². The highest BCUT2D eigenvalue weighted by molar-refractivity contribution is 6.37. The summed E-state index contributed by atoms with van der Waals surface area (Å²) in [4.78, 5) is 22.8. The van der Waals surface area contributed by atoms with Gasteiger partial charge in [-0.05, 0) is 29.3 Å². The van der Waals surface area contributed by atoms with Crippen molar-refractivity contribution in [2.45, 2.75) is 6.54 Å². The molecule has 2 aromatic rings. The van der Waals surface area contributed by atoms with Crippen LogP contribution in [-0.4, -0.2) is 23.6 Å². The number of rotatable bonds is 7. The van der Waals surface area contributed by atoms with Gasteiger partial charge in [0.05, 0.1) is 10.0 Å². The number of nitriles is 1. The Balaban J connectivity index is 2.15. The summed E-state index contributed by atoms with van der Waals surface area (Å²) in [7, 11) is 0. The molecule has 8 heteroatoms. The van der Waals surface area contributed by atoms with Gasteiger partial charge in [-0.2, -0.15) is 5.26 Å². The molecule has 0 aliphatic carbocycles. The summed E-state index contributed by atoms with van der Waals surface area (Å²) in [5.74, 6) is -1.70. The molecule has 2 aromatic carbocycles. The minimum atomic E-state index is -1.17. The van der Waals surface area contributed by atoms with Gasteiger partial charge in [0.1, 0.15) is 11.6 Å². The number of aliphatic carboxylic acids is 1. The second-order valence-electron chi connectivity index (χ2n) is 5.33. The molecule has 2 rings (SSSR count). The number of hydrogen-bond acceptors (Lipinski definition) is 4. The van der Waals surface area contributed by atoms with Crippen LogP contribution in [0, 0.1) is 11.3 Å². The lowest BCUT2D eigenvalue weighted by Gasteiger charge is -2.09. The van der Waals surface area contributed by atoms with E-state index in [1.54, 1.807) is 0 Å². The number of carbonyl (C=O) groups excluding carboxylic acids is 1. The van der Waals surface area contributed by atoms with Crippen LogP contribution in [-0.2, 0) is 16.1 Å². The average Bonchev–Trinajstić information content (AvgIpc) is 2.64. The number of nitrogens with one attached hydrogen (secondary N) is 1. The van der Waals surface area contributed by atoms with Gasteiger partial charge in [0.2, 0.25) is 0 Å². The first kappa shape index (κ1) is 20.3. The van der Waals surface area contributed by atoms with Gasteiger partial charge in [-0.15, -0.1) is 0 Å². The molecule has 0 aromatic heterocycles. The van der Waals surface area contributed by atoms with Crippen molar-refractivity contribution in [2.24, 2.45) is 0 Å². The van der Waals surface area contributed by atoms with Crippen molar-refractivity contribution in [1.29, 1.82) is 5.26 Å². The van der Waals surface area contributed by atoms with E-state index in [1.807, 2.05) is 36.4 Å². The maximum absolute atomic E-state index is 12.2. The Bertz CT molecular complexity index is 898. The average molecular weight is 405 g/mol. The normalized spacial score (nSPS) is 10.8. The fourth-order valence-corrected chi connectivity index (χ4v) is 2.74. The number of hydrogen-bond donors (Lipinski definition) is 2. The van der Waals surface area contributed by atoms with Gasteiger partial charge in [-0.1, -0.05) is 53.5 Å². The summed E-state index contributed by atoms with van der Waals surface area (Å²) in [5.41, 5.74) is 1.17. The zero-order valence-corrected chi connectivity index (χ0v) is 15.4. The summed E-state index contributed by atoms with van der Waals surface area (Å²) in [5, 5.41) is 20.7. The van der Waals surface area contributed by atoms with E-state index >= 15 is 0 Å². The smallest absolute Gasteiger partial charge is 0.341 e. The minimum absolute atomic E-state index is 0.0184. The Hall–Kier alpha value is -3.01. The molecule has 0 saturated heterocycles. The number of ether oxygens (including phenoxy) is 1. The highest BCUT2D eigenvalue weighted by Crippen LogP contribution is 2.34. The summed E-state index contributed by atoms with van der Waals surface area (Å²) in [6.07, 6.45) is 1.33. The first-order chi connectivity index (χ1) is 12.9. The van der Waals surface area contributed by atoms with Crippen LogP contribution < -0.4 is 10.1 Å². The second kappa shape index (κ2) is 9.62. The molecule has 0 aliphatic rings. The van der Waals surface area contributed by atoms with Gasteiger partial charge >= 0.3 is 5.97 Å². The summed E-state index contributed by atoms with van der Waals surface area (Å²) < 4.78 is 5.02. The van der Waals surface area contributed by atoms with Crippen LogP contribution in [0.4, 0.5) is 0 Å². The lowest BCUT2D eigenvalue weighted by molar-refractivity contribution is -0.139. The lowest BCUT2D eigenvalue weighted by Crippen LogP contribution is -2.23. The van der Waals surface area contributed by atoms with Crippen LogP contribution in [0.5, 0.6) is 5.75 Å². The van der Waals surface area contributed by atoms with Gasteiger partial charge < -0.3 is 15.2 Å². The van der Waals surface area contributed by atoms with Crippen LogP contribution in [0.25, 0.3) is 6.08 Å². The number of nitrogens with zero attached hydrogens (tertiary/aromatic N) is 1. The van der Waals surface area contributed by atoms with Gasteiger partial charge in [0.15, 0.2) is 12.4 Å². The van der Waals surface area contributed by atoms with Crippen molar-refractivity contribution in [1.82, 2.24) is 5.32 Å². The molecule has 0 atom stereocenters. The molecule has 0 radical (unpaired) electrons. The van der Waals surface area contributed by atoms with Crippen molar-refractivity contribution < 1.29 is 19.4 Å². The van der Waals surface area contributed by atoms with Crippen molar-refractivity contribution in [3.63, 3.8) is 0 Å². The number of carbonyl (C=O) groups is 2. The quantitative estimate of drug-likeness (QED) is 0.541. The van der Waals surface area contributed by atoms with E-state index in [0.29, 0.717) is 5.56 Å². The largest absolute Gasteiger partial charge is 0.479 e. The molecule has 0 spiro atoms. The molecule has 0 fully saturated rings. The zero-order chi connectivity index (χ0) is 19.8. The number of carboxylic acid groups (broad SMARTS) is 1. The predicted molar refractivity (Wildman–Crippen MR) is 101 cm³/mol. The fourth-order valence-electron chi connectivity index (χ4n) is 2.12. The van der Waals surface area contributed by atoms with Gasteiger partial charge in [0, 0.05) is 6.54 Å². The Morgan fingerprint density at radius 2 is 1.81 bits per heavy atom. The van der Waals surface area contributed by atoms with Crippen molar-refractivity contribution in [2.75, 3.05) is 6.61 Å². The molecule has 1 amide bonds. The third-order valence-corrected chi connectivity index (χ3v) is 3.89. The molecule has 6 nitrogen and oxygen atoms in total. The minimum Gasteiger partial charge on any atom is -0.479 e. The van der Waals surface area contributed by atoms with E-state index in [0.717, 1.165) is 5.56 Å². The summed E-state index contributed by atoms with van der Waals surface area (Å²) in [6, 6.07) is 13.9. The Labute approximate surface area is 165 Å². The van der Waals surface area contributed by atoms with E-state index in [1.165, 1.54) is 18.2 Å². The molecular weight excluding hydrogens is 391 g/mol. The van der Waals surface area contributed by atoms with Gasteiger partial charge in [-0.3, -0.25) is 4.79 Å². The molecule has 138 valence electrons. The third-order valence-electron chi connectivity index (χ3n) is 3.33. The van der Waals surface area contributed by atoms with Gasteiger partial charge in [-0.25, -0.2) is 4.79 Å². The molecular formula is C19H14Cl2N2O4. The van der Waals surface area contributed by atoms with Crippen LogP contribution >= 0.6 is 23.2 Å². The van der Waals surface area contributed by atoms with Crippen molar-refractivity contribution in [3.8, 4) is 11.8 Å². The maximum atomic E-state index is 12.2. The number of carboxylic acids is 1. The molecule has 0 saturated carbocycles. The fraction of sp³-hybridized carbons (Fsp3) is 0.105. The highest BCUT2D eigenvalue weighted by atomic mass is 35.5. The first-order valence-corrected chi connectivity index (χ1v) is 8.44. The van der Waals surface area contributed by atoms with E-state index in [4.69, 9.17) is 33.0 Å². The topological polar surface area (TPSA) is 99.4 Å². The van der Waals surface area contributed by atoms with Crippen molar-refractivity contribution in [3.05, 3.63) is 69.2 Å². The first-order valence-electron chi connectivity index (χ1n) is 7.68. The van der Waals surface area contributed by atoms with Crippen LogP contribution in [0.3, 0.4) is 0 Å². The second-order valence-corrected chi connectivity index (χ2v) is 6.15. The number of benzene rings is 2. The molecule has 0 aliphatic heterocycles. The van der Waals surface area contributed by atoms with Gasteiger partial charge in [0.25, 0.3) is 5.91 Å². The number of halogens is 2. The maximum Gasteiger partial charge on any atom is 0.341 e. The van der Waals surface area contributed by atoms with Crippen LogP contribution in [0.15, 0.2) is 48.0 Å². The lowest BCUT2D eigenvalue weighted by atomic mass is 10.1. The molecule has 0 unspecified atom stereocenters. The van der Waals surface area contributed by atoms with E-state index in [9.17, 15) is 14.9 Å². The zero-order valence-electron chi connectivity index (χ0n) is 13.9. The summed E-state index contributed by atoms with van der Waals surface area (Å²) >= 11 is 12.1. The standard InChI is InChI=1S/C19H14Cl2N2O4/c20-15-7-13(8-16(21)18(15)27-11-17(24)25)6-14(9-22)19(26)23-10-12-4-2-1-3-5-12/h1-8H,10-11H2,(H,23,26)(H,24,25)/b14-6+. The molecule has 2 N–H and O–H groups in total. The van der Waals surface area contributed by atoms with Crippen LogP contribution in [0.2, 0.25) is 10.0 Å². The van der Waals surface area contributed by atoms with Crippen molar-refractivity contribution >= 4 is 41.2 Å². The molecule has 0 bridgehead atoms. The predicted octanol–water partition coefficient (Wildman–Crippen LogP) is 3.68. The summed E-state index contributed by atoms with van der Waals surface area (Å²) in [6.45, 7) is -0.317. The third kappa shape index (κ3) is 6.03. The highest BCUT2D eigenvalue weighted by Gasteiger charge is 2.13. The SMILES string of the molecule is N#C/C(=C\c1cc(Cl)c(OCC(=O)O)c(Cl)c1)C(=O)NCc1ccccc1. The van der Waals surface area contributed by atoms with E-state index < -0.39 is 18.5 Å². The Morgan fingerprint density at radius 3 is 2.37 bits per heavy atom. The number of amides is 1. The van der Waals surface area contributed by atoms with Crippen LogP contribution in [0.1, 0.15) is 11.1 Å². The Morgan fingerprint density at radius 1 is 1.19 bits per heavy atom. The molecule has 27 heavy (non-hydrogen) atoms. The molecule has 0 heterocycles. The van der Waals surface area contributed by atoms with E-state index in [-0.39, 0.29) is 27.9 Å².